The molecule has 0 unspecified atom stereocenters. The van der Waals surface area contributed by atoms with Gasteiger partial charge in [-0.25, -0.2) is 4.98 Å². The summed E-state index contributed by atoms with van der Waals surface area (Å²) in [5.74, 6) is 1.50. The van der Waals surface area contributed by atoms with Crippen LogP contribution in [0.4, 0.5) is 0 Å². The highest BCUT2D eigenvalue weighted by molar-refractivity contribution is 5.66. The van der Waals surface area contributed by atoms with Crippen molar-refractivity contribution in [3.05, 3.63) is 29.8 Å². The number of piperidine rings is 1. The Morgan fingerprint density at radius 1 is 1.25 bits per heavy atom. The lowest BCUT2D eigenvalue weighted by Gasteiger charge is -2.23. The van der Waals surface area contributed by atoms with Crippen molar-refractivity contribution >= 4 is 0 Å². The van der Waals surface area contributed by atoms with E-state index in [0.29, 0.717) is 5.88 Å². The van der Waals surface area contributed by atoms with E-state index in [1.807, 2.05) is 32.2 Å². The molecule has 0 radical (unpaired) electrons. The minimum absolute atomic E-state index is 0.272. The van der Waals surface area contributed by atoms with Crippen LogP contribution in [-0.2, 0) is 0 Å². The average Bonchev–Trinajstić information content (AvgIpc) is 2.81. The Morgan fingerprint density at radius 3 is 2.65 bits per heavy atom. The molecule has 0 atom stereocenters. The highest BCUT2D eigenvalue weighted by Crippen LogP contribution is 2.27. The van der Waals surface area contributed by atoms with Crippen LogP contribution in [0.15, 0.2) is 22.9 Å². The SMILES string of the molecule is Cc1noc(C)c1-c1ccc(OC2CCNCC2)nc1. The molecule has 2 aromatic heterocycles. The third-order valence-corrected chi connectivity index (χ3v) is 3.63. The van der Waals surface area contributed by atoms with Gasteiger partial charge in [-0.15, -0.1) is 0 Å². The number of hydrogen-bond acceptors (Lipinski definition) is 5. The first kappa shape index (κ1) is 13.1. The van der Waals surface area contributed by atoms with E-state index in [1.54, 1.807) is 0 Å². The highest BCUT2D eigenvalue weighted by atomic mass is 16.5. The van der Waals surface area contributed by atoms with E-state index >= 15 is 0 Å². The van der Waals surface area contributed by atoms with Gasteiger partial charge in [-0.2, -0.15) is 0 Å². The molecule has 1 aliphatic rings. The molecule has 5 heteroatoms. The molecule has 0 aromatic carbocycles. The summed E-state index contributed by atoms with van der Waals surface area (Å²) < 4.78 is 11.1. The predicted molar refractivity (Wildman–Crippen MR) is 75.7 cm³/mol. The number of aryl methyl sites for hydroxylation is 2. The van der Waals surface area contributed by atoms with Gasteiger partial charge >= 0.3 is 0 Å². The number of nitrogens with zero attached hydrogens (tertiary/aromatic N) is 2. The number of nitrogens with one attached hydrogen (secondary N) is 1. The van der Waals surface area contributed by atoms with Crippen LogP contribution >= 0.6 is 0 Å². The van der Waals surface area contributed by atoms with E-state index in [0.717, 1.165) is 48.5 Å². The molecule has 1 aliphatic heterocycles. The van der Waals surface area contributed by atoms with Crippen molar-refractivity contribution in [3.8, 4) is 17.0 Å². The van der Waals surface area contributed by atoms with Crippen molar-refractivity contribution in [1.29, 1.82) is 0 Å². The Morgan fingerprint density at radius 2 is 2.05 bits per heavy atom. The van der Waals surface area contributed by atoms with Crippen LogP contribution in [0.3, 0.4) is 0 Å². The van der Waals surface area contributed by atoms with Gasteiger partial charge in [0, 0.05) is 23.4 Å². The van der Waals surface area contributed by atoms with Crippen LogP contribution < -0.4 is 10.1 Å². The van der Waals surface area contributed by atoms with Gasteiger partial charge in [0.1, 0.15) is 11.9 Å². The third kappa shape index (κ3) is 2.67. The predicted octanol–water partition coefficient (Wildman–Crippen LogP) is 2.48. The van der Waals surface area contributed by atoms with Crippen LogP contribution in [0.25, 0.3) is 11.1 Å². The van der Waals surface area contributed by atoms with Gasteiger partial charge in [-0.05, 0) is 45.8 Å². The molecule has 2 aromatic rings. The molecular weight excluding hydrogens is 254 g/mol. The minimum atomic E-state index is 0.272. The van der Waals surface area contributed by atoms with Gasteiger partial charge in [-0.3, -0.25) is 0 Å². The summed E-state index contributed by atoms with van der Waals surface area (Å²) in [5.41, 5.74) is 2.92. The summed E-state index contributed by atoms with van der Waals surface area (Å²) in [6.07, 6.45) is 4.16. The van der Waals surface area contributed by atoms with Crippen molar-refractivity contribution in [2.24, 2.45) is 0 Å². The van der Waals surface area contributed by atoms with Gasteiger partial charge in [-0.1, -0.05) is 5.16 Å². The van der Waals surface area contributed by atoms with Crippen molar-refractivity contribution in [2.75, 3.05) is 13.1 Å². The second kappa shape index (κ2) is 5.63. The molecule has 3 rings (SSSR count). The van der Waals surface area contributed by atoms with Crippen LogP contribution in [0, 0.1) is 13.8 Å². The van der Waals surface area contributed by atoms with Gasteiger partial charge < -0.3 is 14.6 Å². The number of rotatable bonds is 3. The van der Waals surface area contributed by atoms with Gasteiger partial charge in [0.15, 0.2) is 0 Å². The summed E-state index contributed by atoms with van der Waals surface area (Å²) in [5, 5.41) is 7.29. The Balaban J connectivity index is 1.74. The first-order valence-electron chi connectivity index (χ1n) is 7.00. The van der Waals surface area contributed by atoms with Gasteiger partial charge in [0.2, 0.25) is 5.88 Å². The van der Waals surface area contributed by atoms with Crippen LogP contribution in [-0.4, -0.2) is 29.3 Å². The molecule has 0 bridgehead atoms. The standard InChI is InChI=1S/C15H19N3O2/c1-10-15(11(2)20-18-10)12-3-4-14(17-9-12)19-13-5-7-16-8-6-13/h3-4,9,13,16H,5-8H2,1-2H3. The molecule has 1 N–H and O–H groups in total. The Labute approximate surface area is 118 Å². The summed E-state index contributed by atoms with van der Waals surface area (Å²) >= 11 is 0. The van der Waals surface area contributed by atoms with Gasteiger partial charge in [0.25, 0.3) is 0 Å². The molecule has 0 spiro atoms. The normalized spacial score (nSPS) is 16.3. The van der Waals surface area contributed by atoms with E-state index in [4.69, 9.17) is 9.26 Å². The fourth-order valence-corrected chi connectivity index (χ4v) is 2.58. The van der Waals surface area contributed by atoms with E-state index in [2.05, 4.69) is 15.5 Å². The maximum atomic E-state index is 5.90. The monoisotopic (exact) mass is 273 g/mol. The lowest BCUT2D eigenvalue weighted by atomic mass is 10.1. The Kier molecular flexibility index (Phi) is 3.69. The zero-order valence-electron chi connectivity index (χ0n) is 11.8. The zero-order valence-corrected chi connectivity index (χ0v) is 11.8. The van der Waals surface area contributed by atoms with Crippen LogP contribution in [0.5, 0.6) is 5.88 Å². The van der Waals surface area contributed by atoms with E-state index < -0.39 is 0 Å². The Hall–Kier alpha value is -1.88. The maximum absolute atomic E-state index is 5.90. The molecule has 3 heterocycles. The van der Waals surface area contributed by atoms with Gasteiger partial charge in [0.05, 0.1) is 5.69 Å². The number of ether oxygens (including phenoxy) is 1. The van der Waals surface area contributed by atoms with Crippen LogP contribution in [0.2, 0.25) is 0 Å². The smallest absolute Gasteiger partial charge is 0.213 e. The van der Waals surface area contributed by atoms with Crippen LogP contribution in [0.1, 0.15) is 24.3 Å². The second-order valence-corrected chi connectivity index (χ2v) is 5.15. The largest absolute Gasteiger partial charge is 0.474 e. The van der Waals surface area contributed by atoms with E-state index in [1.165, 1.54) is 0 Å². The molecule has 1 saturated heterocycles. The summed E-state index contributed by atoms with van der Waals surface area (Å²) in [6, 6.07) is 3.93. The number of hydrogen-bond donors (Lipinski definition) is 1. The minimum Gasteiger partial charge on any atom is -0.474 e. The third-order valence-electron chi connectivity index (χ3n) is 3.63. The molecule has 106 valence electrons. The highest BCUT2D eigenvalue weighted by Gasteiger charge is 2.16. The fraction of sp³-hybridized carbons (Fsp3) is 0.467. The summed E-state index contributed by atoms with van der Waals surface area (Å²) in [6.45, 7) is 5.88. The molecule has 0 aliphatic carbocycles. The summed E-state index contributed by atoms with van der Waals surface area (Å²) in [4.78, 5) is 4.40. The van der Waals surface area contributed by atoms with Crippen molar-refractivity contribution in [2.45, 2.75) is 32.8 Å². The molecule has 5 nitrogen and oxygen atoms in total. The molecule has 1 fully saturated rings. The molecular formula is C15H19N3O2. The Bertz CT molecular complexity index is 552. The van der Waals surface area contributed by atoms with Crippen molar-refractivity contribution in [1.82, 2.24) is 15.5 Å². The fourth-order valence-electron chi connectivity index (χ4n) is 2.58. The summed E-state index contributed by atoms with van der Waals surface area (Å²) in [7, 11) is 0. The number of pyridine rings is 1. The quantitative estimate of drug-likeness (QED) is 0.931. The lowest BCUT2D eigenvalue weighted by Crippen LogP contribution is -2.34. The zero-order chi connectivity index (χ0) is 13.9. The maximum Gasteiger partial charge on any atom is 0.213 e. The first-order valence-corrected chi connectivity index (χ1v) is 7.00. The van der Waals surface area contributed by atoms with E-state index in [9.17, 15) is 0 Å². The molecule has 20 heavy (non-hydrogen) atoms. The number of aromatic nitrogens is 2. The van der Waals surface area contributed by atoms with Crippen molar-refractivity contribution in [3.63, 3.8) is 0 Å². The first-order chi connectivity index (χ1) is 9.74. The molecule has 0 saturated carbocycles. The van der Waals surface area contributed by atoms with Crippen molar-refractivity contribution < 1.29 is 9.26 Å². The topological polar surface area (TPSA) is 60.2 Å². The molecule has 0 amide bonds. The van der Waals surface area contributed by atoms with E-state index in [-0.39, 0.29) is 6.10 Å². The average molecular weight is 273 g/mol. The second-order valence-electron chi connectivity index (χ2n) is 5.15. The lowest BCUT2D eigenvalue weighted by molar-refractivity contribution is 0.156.